The van der Waals surface area contributed by atoms with Crippen LogP contribution in [0.2, 0.25) is 0 Å². The van der Waals surface area contributed by atoms with Gasteiger partial charge in [-0.15, -0.1) is 0 Å². The molecule has 4 heteroatoms. The third-order valence-electron chi connectivity index (χ3n) is 3.44. The van der Waals surface area contributed by atoms with Crippen LogP contribution >= 0.6 is 0 Å². The molecule has 106 valence electrons. The minimum atomic E-state index is 0.226. The molecule has 0 saturated heterocycles. The van der Waals surface area contributed by atoms with Crippen molar-refractivity contribution in [3.63, 3.8) is 0 Å². The van der Waals surface area contributed by atoms with Crippen LogP contribution in [0.15, 0.2) is 67.1 Å². The van der Waals surface area contributed by atoms with Crippen molar-refractivity contribution in [2.75, 3.05) is 0 Å². The van der Waals surface area contributed by atoms with Crippen LogP contribution in [0.3, 0.4) is 0 Å². The Balaban J connectivity index is 1.66. The van der Waals surface area contributed by atoms with E-state index in [-0.39, 0.29) is 6.04 Å². The van der Waals surface area contributed by atoms with Crippen LogP contribution in [0.25, 0.3) is 5.69 Å². The van der Waals surface area contributed by atoms with Gasteiger partial charge in [-0.2, -0.15) is 5.10 Å². The second-order valence-corrected chi connectivity index (χ2v) is 4.98. The highest BCUT2D eigenvalue weighted by Gasteiger charge is 2.08. The average molecular weight is 278 g/mol. The molecule has 0 aliphatic rings. The predicted octanol–water partition coefficient (Wildman–Crippen LogP) is 3.12. The summed E-state index contributed by atoms with van der Waals surface area (Å²) in [5.74, 6) is 0. The van der Waals surface area contributed by atoms with Crippen molar-refractivity contribution >= 4 is 0 Å². The Morgan fingerprint density at radius 2 is 1.90 bits per heavy atom. The zero-order valence-electron chi connectivity index (χ0n) is 12.0. The average Bonchev–Trinajstić information content (AvgIpc) is 3.04. The molecule has 0 radical (unpaired) electrons. The van der Waals surface area contributed by atoms with E-state index in [0.29, 0.717) is 0 Å². The van der Waals surface area contributed by atoms with Crippen molar-refractivity contribution in [1.82, 2.24) is 20.1 Å². The first-order chi connectivity index (χ1) is 10.3. The van der Waals surface area contributed by atoms with Crippen LogP contribution in [0, 0.1) is 0 Å². The van der Waals surface area contributed by atoms with Crippen LogP contribution in [-0.4, -0.2) is 14.8 Å². The number of nitrogens with zero attached hydrogens (tertiary/aromatic N) is 3. The van der Waals surface area contributed by atoms with Gasteiger partial charge in [0, 0.05) is 30.5 Å². The number of aromatic nitrogens is 3. The normalized spacial score (nSPS) is 12.2. The van der Waals surface area contributed by atoms with Crippen molar-refractivity contribution in [2.45, 2.75) is 19.5 Å². The molecule has 0 amide bonds. The Morgan fingerprint density at radius 1 is 1.10 bits per heavy atom. The van der Waals surface area contributed by atoms with Crippen LogP contribution in [0.4, 0.5) is 0 Å². The maximum Gasteiger partial charge on any atom is 0.0645 e. The smallest absolute Gasteiger partial charge is 0.0645 e. The van der Waals surface area contributed by atoms with Crippen molar-refractivity contribution in [1.29, 1.82) is 0 Å². The van der Waals surface area contributed by atoms with Crippen LogP contribution in [-0.2, 0) is 6.54 Å². The van der Waals surface area contributed by atoms with Crippen molar-refractivity contribution in [3.8, 4) is 5.69 Å². The van der Waals surface area contributed by atoms with Crippen molar-refractivity contribution in [2.24, 2.45) is 0 Å². The highest BCUT2D eigenvalue weighted by molar-refractivity contribution is 5.31. The number of pyridine rings is 1. The van der Waals surface area contributed by atoms with E-state index in [1.165, 1.54) is 0 Å². The lowest BCUT2D eigenvalue weighted by atomic mass is 10.2. The number of hydrogen-bond acceptors (Lipinski definition) is 3. The fraction of sp³-hybridized carbons (Fsp3) is 0.176. The molecule has 1 unspecified atom stereocenters. The van der Waals surface area contributed by atoms with Gasteiger partial charge in [0.1, 0.15) is 0 Å². The Morgan fingerprint density at radius 3 is 2.67 bits per heavy atom. The summed E-state index contributed by atoms with van der Waals surface area (Å²) in [6, 6.07) is 16.3. The van der Waals surface area contributed by atoms with Crippen LogP contribution < -0.4 is 5.32 Å². The number of rotatable bonds is 5. The lowest BCUT2D eigenvalue weighted by Crippen LogP contribution is -2.18. The SMILES string of the molecule is CC(NCc1ccccn1)c1cnn(-c2ccccc2)c1. The van der Waals surface area contributed by atoms with Gasteiger partial charge in [0.2, 0.25) is 0 Å². The van der Waals surface area contributed by atoms with Gasteiger partial charge in [-0.25, -0.2) is 4.68 Å². The number of benzene rings is 1. The summed E-state index contributed by atoms with van der Waals surface area (Å²) in [4.78, 5) is 4.31. The number of hydrogen-bond donors (Lipinski definition) is 1. The molecule has 2 aromatic heterocycles. The molecule has 3 aromatic rings. The topological polar surface area (TPSA) is 42.7 Å². The lowest BCUT2D eigenvalue weighted by Gasteiger charge is -2.11. The van der Waals surface area contributed by atoms with E-state index in [1.807, 2.05) is 65.6 Å². The molecule has 1 atom stereocenters. The van der Waals surface area contributed by atoms with E-state index in [1.54, 1.807) is 0 Å². The first kappa shape index (κ1) is 13.5. The summed E-state index contributed by atoms with van der Waals surface area (Å²) in [5.41, 5.74) is 3.27. The number of nitrogens with one attached hydrogen (secondary N) is 1. The van der Waals surface area contributed by atoms with Gasteiger partial charge in [0.15, 0.2) is 0 Å². The monoisotopic (exact) mass is 278 g/mol. The Hall–Kier alpha value is -2.46. The van der Waals surface area contributed by atoms with E-state index in [2.05, 4.69) is 28.5 Å². The summed E-state index contributed by atoms with van der Waals surface area (Å²) in [6.07, 6.45) is 5.78. The van der Waals surface area contributed by atoms with Gasteiger partial charge >= 0.3 is 0 Å². The molecular formula is C17H18N4. The largest absolute Gasteiger partial charge is 0.304 e. The standard InChI is InChI=1S/C17H18N4/c1-14(19-12-16-7-5-6-10-18-16)15-11-20-21(13-15)17-8-3-2-4-9-17/h2-11,13-14,19H,12H2,1H3. The van der Waals surface area contributed by atoms with E-state index in [0.717, 1.165) is 23.5 Å². The molecule has 0 saturated carbocycles. The number of para-hydroxylation sites is 1. The van der Waals surface area contributed by atoms with E-state index < -0.39 is 0 Å². The second kappa shape index (κ2) is 6.33. The Bertz CT molecular complexity index is 676. The minimum Gasteiger partial charge on any atom is -0.304 e. The van der Waals surface area contributed by atoms with Gasteiger partial charge in [0.25, 0.3) is 0 Å². The maximum absolute atomic E-state index is 4.42. The maximum atomic E-state index is 4.42. The summed E-state index contributed by atoms with van der Waals surface area (Å²) < 4.78 is 1.90. The van der Waals surface area contributed by atoms with Gasteiger partial charge in [-0.05, 0) is 31.2 Å². The quantitative estimate of drug-likeness (QED) is 0.779. The van der Waals surface area contributed by atoms with Crippen LogP contribution in [0.1, 0.15) is 24.2 Å². The van der Waals surface area contributed by atoms with Gasteiger partial charge in [-0.1, -0.05) is 24.3 Å². The Labute approximate surface area is 124 Å². The molecule has 0 spiro atoms. The van der Waals surface area contributed by atoms with Crippen molar-refractivity contribution < 1.29 is 0 Å². The summed E-state index contributed by atoms with van der Waals surface area (Å²) >= 11 is 0. The minimum absolute atomic E-state index is 0.226. The highest BCUT2D eigenvalue weighted by Crippen LogP contribution is 2.14. The summed E-state index contributed by atoms with van der Waals surface area (Å²) in [6.45, 7) is 2.88. The molecular weight excluding hydrogens is 260 g/mol. The lowest BCUT2D eigenvalue weighted by molar-refractivity contribution is 0.567. The van der Waals surface area contributed by atoms with E-state index in [9.17, 15) is 0 Å². The molecule has 3 rings (SSSR count). The van der Waals surface area contributed by atoms with E-state index in [4.69, 9.17) is 0 Å². The molecule has 4 nitrogen and oxygen atoms in total. The predicted molar refractivity (Wildman–Crippen MR) is 83.1 cm³/mol. The molecule has 21 heavy (non-hydrogen) atoms. The Kier molecular flexibility index (Phi) is 4.07. The zero-order chi connectivity index (χ0) is 14.5. The first-order valence-electron chi connectivity index (χ1n) is 7.06. The fourth-order valence-electron chi connectivity index (χ4n) is 2.16. The molecule has 0 aliphatic heterocycles. The summed E-state index contributed by atoms with van der Waals surface area (Å²) in [5, 5.41) is 7.89. The van der Waals surface area contributed by atoms with Crippen molar-refractivity contribution in [3.05, 3.63) is 78.4 Å². The molecule has 2 heterocycles. The summed E-state index contributed by atoms with van der Waals surface area (Å²) in [7, 11) is 0. The van der Waals surface area contributed by atoms with Crippen LogP contribution in [0.5, 0.6) is 0 Å². The molecule has 1 aromatic carbocycles. The zero-order valence-corrected chi connectivity index (χ0v) is 12.0. The van der Waals surface area contributed by atoms with Gasteiger partial charge < -0.3 is 5.32 Å². The third-order valence-corrected chi connectivity index (χ3v) is 3.44. The fourth-order valence-corrected chi connectivity index (χ4v) is 2.16. The highest BCUT2D eigenvalue weighted by atomic mass is 15.3. The molecule has 0 aliphatic carbocycles. The first-order valence-corrected chi connectivity index (χ1v) is 7.06. The van der Waals surface area contributed by atoms with E-state index >= 15 is 0 Å². The van der Waals surface area contributed by atoms with Gasteiger partial charge in [-0.3, -0.25) is 4.98 Å². The van der Waals surface area contributed by atoms with Gasteiger partial charge in [0.05, 0.1) is 17.6 Å². The molecule has 0 fully saturated rings. The second-order valence-electron chi connectivity index (χ2n) is 4.98. The third kappa shape index (κ3) is 3.35. The molecule has 0 bridgehead atoms. The molecule has 1 N–H and O–H groups in total.